The van der Waals surface area contributed by atoms with Crippen LogP contribution in [0.4, 0.5) is 5.69 Å². The first-order valence-corrected chi connectivity index (χ1v) is 10.1. The van der Waals surface area contributed by atoms with Crippen molar-refractivity contribution in [3.8, 4) is 11.9 Å². The van der Waals surface area contributed by atoms with E-state index in [2.05, 4.69) is 16.3 Å². The van der Waals surface area contributed by atoms with Gasteiger partial charge in [-0.05, 0) is 18.6 Å². The molecule has 160 valence electrons. The molecule has 1 unspecified atom stereocenters. The summed E-state index contributed by atoms with van der Waals surface area (Å²) in [4.78, 5) is 16.0. The van der Waals surface area contributed by atoms with Crippen LogP contribution in [0.3, 0.4) is 0 Å². The summed E-state index contributed by atoms with van der Waals surface area (Å²) in [6.07, 6.45) is 0. The lowest BCUT2D eigenvalue weighted by atomic mass is 9.69. The number of hydrogen-bond donors (Lipinski definition) is 2. The minimum absolute atomic E-state index is 0.0487. The quantitative estimate of drug-likeness (QED) is 0.661. The summed E-state index contributed by atoms with van der Waals surface area (Å²) < 4.78 is 11.0. The third-order valence-electron chi connectivity index (χ3n) is 6.04. The first-order valence-electron chi connectivity index (χ1n) is 10.1. The van der Waals surface area contributed by atoms with E-state index in [-0.39, 0.29) is 29.9 Å². The van der Waals surface area contributed by atoms with Crippen molar-refractivity contribution in [2.75, 3.05) is 12.0 Å². The number of carbonyl (C=O) groups excluding carboxylic acids is 1. The van der Waals surface area contributed by atoms with Gasteiger partial charge in [0.2, 0.25) is 17.7 Å². The van der Waals surface area contributed by atoms with Crippen LogP contribution in [0, 0.1) is 18.3 Å². The number of nitrogens with one attached hydrogen (secondary N) is 1. The van der Waals surface area contributed by atoms with Gasteiger partial charge in [0.05, 0.1) is 24.4 Å². The Balaban J connectivity index is 1.77. The van der Waals surface area contributed by atoms with E-state index >= 15 is 0 Å². The highest BCUT2D eigenvalue weighted by molar-refractivity contribution is 6.14. The average Bonchev–Trinajstić information content (AvgIpc) is 3.29. The molecule has 3 N–H and O–H groups in total. The first kappa shape index (κ1) is 19.8. The number of ether oxygens (including phenoxy) is 2. The van der Waals surface area contributed by atoms with E-state index in [1.165, 1.54) is 0 Å². The Kier molecular flexibility index (Phi) is 4.50. The third-order valence-corrected chi connectivity index (χ3v) is 6.04. The number of hydrogen-bond acceptors (Lipinski definition) is 6. The van der Waals surface area contributed by atoms with Crippen LogP contribution in [0.15, 0.2) is 60.0 Å². The number of para-hydroxylation sites is 1. The van der Waals surface area contributed by atoms with Crippen LogP contribution in [0.5, 0.6) is 5.88 Å². The number of aromatic nitrogens is 2. The van der Waals surface area contributed by atoms with Gasteiger partial charge in [0.25, 0.3) is 0 Å². The molecule has 5 rings (SSSR count). The number of carbonyl (C=O) groups is 1. The van der Waals surface area contributed by atoms with E-state index in [0.29, 0.717) is 23.4 Å². The first-order chi connectivity index (χ1) is 15.5. The number of aryl methyl sites for hydroxylation is 1. The van der Waals surface area contributed by atoms with Gasteiger partial charge in [-0.15, -0.1) is 5.10 Å². The Bertz CT molecular complexity index is 1300. The van der Waals surface area contributed by atoms with Gasteiger partial charge in [0.15, 0.2) is 0 Å². The summed E-state index contributed by atoms with van der Waals surface area (Å²) >= 11 is 0. The van der Waals surface area contributed by atoms with Gasteiger partial charge in [0.1, 0.15) is 17.1 Å². The topological polar surface area (TPSA) is 117 Å². The summed E-state index contributed by atoms with van der Waals surface area (Å²) in [7, 11) is 1.55. The van der Waals surface area contributed by atoms with Crippen LogP contribution in [0.2, 0.25) is 0 Å². The molecule has 3 heterocycles. The number of nitrogens with zero attached hydrogens (tertiary/aromatic N) is 3. The number of methoxy groups -OCH3 is 1. The summed E-state index contributed by atoms with van der Waals surface area (Å²) in [5.41, 5.74) is 9.26. The van der Waals surface area contributed by atoms with Gasteiger partial charge in [-0.2, -0.15) is 5.26 Å². The molecule has 1 aromatic heterocycles. The highest BCUT2D eigenvalue weighted by Crippen LogP contribution is 2.55. The average molecular weight is 427 g/mol. The molecule has 1 atom stereocenters. The van der Waals surface area contributed by atoms with Gasteiger partial charge < -0.3 is 20.1 Å². The molecule has 2 aliphatic heterocycles. The second-order valence-electron chi connectivity index (χ2n) is 7.91. The van der Waals surface area contributed by atoms with Crippen molar-refractivity contribution in [3.63, 3.8) is 0 Å². The third kappa shape index (κ3) is 2.58. The number of fused-ring (bicyclic) bond motifs is 4. The lowest BCUT2D eigenvalue weighted by molar-refractivity contribution is -0.121. The predicted molar refractivity (Wildman–Crippen MR) is 116 cm³/mol. The molecule has 0 bridgehead atoms. The molecule has 32 heavy (non-hydrogen) atoms. The fourth-order valence-electron chi connectivity index (χ4n) is 4.64. The Hall–Kier alpha value is -4.09. The standard InChI is InChI=1S/C24H21N5O3/c1-14-7-9-15(10-8-14)12-29-19-6-4-3-5-16(19)24(23(29)30)17(11-25)21(26)32-22-20(24)18(13-31-2)27-28-22/h3-10H,12-13,26H2,1-2H3,(H,27,28). The molecule has 3 aromatic rings. The number of nitriles is 1. The molecule has 0 saturated heterocycles. The second-order valence-corrected chi connectivity index (χ2v) is 7.91. The number of rotatable bonds is 4. The number of anilines is 1. The van der Waals surface area contributed by atoms with Crippen LogP contribution in [0.25, 0.3) is 0 Å². The van der Waals surface area contributed by atoms with Crippen molar-refractivity contribution >= 4 is 11.6 Å². The molecule has 8 heteroatoms. The van der Waals surface area contributed by atoms with Crippen molar-refractivity contribution in [2.45, 2.75) is 25.5 Å². The Labute approximate surface area is 184 Å². The van der Waals surface area contributed by atoms with Crippen molar-refractivity contribution in [1.29, 1.82) is 5.26 Å². The number of amides is 1. The molecule has 1 spiro atoms. The molecule has 8 nitrogen and oxygen atoms in total. The smallest absolute Gasteiger partial charge is 0.248 e. The van der Waals surface area contributed by atoms with Crippen LogP contribution in [-0.2, 0) is 28.1 Å². The Morgan fingerprint density at radius 1 is 1.25 bits per heavy atom. The predicted octanol–water partition coefficient (Wildman–Crippen LogP) is 2.78. The largest absolute Gasteiger partial charge is 0.420 e. The molecular weight excluding hydrogens is 406 g/mol. The zero-order chi connectivity index (χ0) is 22.5. The zero-order valence-corrected chi connectivity index (χ0v) is 17.7. The van der Waals surface area contributed by atoms with E-state index < -0.39 is 5.41 Å². The van der Waals surface area contributed by atoms with Gasteiger partial charge >= 0.3 is 0 Å². The maximum Gasteiger partial charge on any atom is 0.248 e. The SMILES string of the molecule is COCc1[nH]nc2c1C1(C(=O)N(Cc3ccc(C)cc3)c3ccccc31)C(C#N)=C(N)O2. The summed E-state index contributed by atoms with van der Waals surface area (Å²) in [6.45, 7) is 2.53. The highest BCUT2D eigenvalue weighted by Gasteiger charge is 2.60. The molecule has 2 aromatic carbocycles. The van der Waals surface area contributed by atoms with E-state index in [0.717, 1.165) is 16.8 Å². The Morgan fingerprint density at radius 3 is 2.72 bits per heavy atom. The van der Waals surface area contributed by atoms with Crippen molar-refractivity contribution in [1.82, 2.24) is 10.2 Å². The minimum atomic E-state index is -1.46. The molecule has 0 saturated carbocycles. The number of H-pyrrole nitrogens is 1. The normalized spacial score (nSPS) is 19.0. The highest BCUT2D eigenvalue weighted by atomic mass is 16.5. The van der Waals surface area contributed by atoms with E-state index in [1.807, 2.05) is 55.5 Å². The van der Waals surface area contributed by atoms with E-state index in [1.54, 1.807) is 12.0 Å². The molecule has 2 aliphatic rings. The van der Waals surface area contributed by atoms with E-state index in [4.69, 9.17) is 15.2 Å². The number of aromatic amines is 1. The van der Waals surface area contributed by atoms with Gasteiger partial charge in [-0.1, -0.05) is 48.0 Å². The molecule has 0 aliphatic carbocycles. The van der Waals surface area contributed by atoms with Gasteiger partial charge in [-0.3, -0.25) is 9.89 Å². The molecule has 1 amide bonds. The maximum absolute atomic E-state index is 14.3. The maximum atomic E-state index is 14.3. The van der Waals surface area contributed by atoms with Gasteiger partial charge in [-0.25, -0.2) is 0 Å². The molecular formula is C24H21N5O3. The summed E-state index contributed by atoms with van der Waals surface area (Å²) in [5, 5.41) is 17.2. The van der Waals surface area contributed by atoms with Crippen LogP contribution >= 0.6 is 0 Å². The van der Waals surface area contributed by atoms with Crippen LogP contribution in [0.1, 0.15) is 27.9 Å². The Morgan fingerprint density at radius 2 is 2.00 bits per heavy atom. The number of benzene rings is 2. The lowest BCUT2D eigenvalue weighted by Crippen LogP contribution is -2.46. The molecule has 0 radical (unpaired) electrons. The van der Waals surface area contributed by atoms with Crippen molar-refractivity contribution in [3.05, 3.63) is 87.9 Å². The summed E-state index contributed by atoms with van der Waals surface area (Å²) in [6, 6.07) is 17.6. The molecule has 0 fully saturated rings. The van der Waals surface area contributed by atoms with Crippen LogP contribution < -0.4 is 15.4 Å². The number of nitrogens with two attached hydrogens (primary N) is 1. The van der Waals surface area contributed by atoms with E-state index in [9.17, 15) is 10.1 Å². The zero-order valence-electron chi connectivity index (χ0n) is 17.7. The monoisotopic (exact) mass is 427 g/mol. The second kappa shape index (κ2) is 7.25. The minimum Gasteiger partial charge on any atom is -0.420 e. The van der Waals surface area contributed by atoms with Crippen LogP contribution in [-0.4, -0.2) is 23.2 Å². The van der Waals surface area contributed by atoms with Crippen molar-refractivity contribution < 1.29 is 14.3 Å². The van der Waals surface area contributed by atoms with Gasteiger partial charge in [0, 0.05) is 18.4 Å². The fourth-order valence-corrected chi connectivity index (χ4v) is 4.64. The van der Waals surface area contributed by atoms with Crippen molar-refractivity contribution in [2.24, 2.45) is 5.73 Å². The summed E-state index contributed by atoms with van der Waals surface area (Å²) in [5.74, 6) is -0.230. The fraction of sp³-hybridized carbons (Fsp3) is 0.208. The lowest BCUT2D eigenvalue weighted by Gasteiger charge is -2.32.